The molecule has 0 saturated carbocycles. The first-order valence-corrected chi connectivity index (χ1v) is 12.9. The fourth-order valence-corrected chi connectivity index (χ4v) is 5.52. The van der Waals surface area contributed by atoms with E-state index in [1.54, 1.807) is 22.8 Å². The van der Waals surface area contributed by atoms with Crippen LogP contribution in [0.2, 0.25) is 15.1 Å². The SMILES string of the molecule is O=c1ccc2c(-c3ccccc3Cl)cc(OCCN3CCCCC3)cc2n1-c1c(Cl)cccc1Cl. The number of hydrogen-bond acceptors (Lipinski definition) is 3. The van der Waals surface area contributed by atoms with Crippen LogP contribution in [0.1, 0.15) is 19.3 Å². The van der Waals surface area contributed by atoms with Crippen molar-refractivity contribution in [3.05, 3.63) is 92.2 Å². The van der Waals surface area contributed by atoms with Crippen molar-refractivity contribution in [2.24, 2.45) is 0 Å². The average Bonchev–Trinajstić information content (AvgIpc) is 2.86. The number of benzene rings is 3. The van der Waals surface area contributed by atoms with Crippen molar-refractivity contribution in [1.82, 2.24) is 9.47 Å². The minimum Gasteiger partial charge on any atom is -0.492 e. The van der Waals surface area contributed by atoms with Crippen LogP contribution in [0.5, 0.6) is 5.75 Å². The second-order valence-corrected chi connectivity index (χ2v) is 9.93. The number of hydrogen-bond donors (Lipinski definition) is 0. The fourth-order valence-electron chi connectivity index (χ4n) is 4.71. The van der Waals surface area contributed by atoms with Crippen LogP contribution in [-0.4, -0.2) is 35.7 Å². The maximum Gasteiger partial charge on any atom is 0.255 e. The van der Waals surface area contributed by atoms with Crippen LogP contribution in [0, 0.1) is 0 Å². The van der Waals surface area contributed by atoms with Crippen molar-refractivity contribution in [3.8, 4) is 22.6 Å². The van der Waals surface area contributed by atoms with Gasteiger partial charge in [-0.05, 0) is 61.8 Å². The number of rotatable bonds is 6. The number of para-hydroxylation sites is 1. The third kappa shape index (κ3) is 5.07. The van der Waals surface area contributed by atoms with Crippen molar-refractivity contribution in [2.75, 3.05) is 26.2 Å². The minimum atomic E-state index is -0.233. The molecule has 2 heterocycles. The molecule has 0 bridgehead atoms. The molecule has 0 radical (unpaired) electrons. The van der Waals surface area contributed by atoms with Crippen LogP contribution >= 0.6 is 34.8 Å². The largest absolute Gasteiger partial charge is 0.492 e. The Kier molecular flexibility index (Phi) is 7.35. The lowest BCUT2D eigenvalue weighted by atomic mass is 9.99. The van der Waals surface area contributed by atoms with Gasteiger partial charge in [0.05, 0.1) is 21.2 Å². The molecule has 3 aromatic carbocycles. The molecule has 1 saturated heterocycles. The molecule has 0 unspecified atom stereocenters. The van der Waals surface area contributed by atoms with Crippen LogP contribution in [0.3, 0.4) is 0 Å². The number of pyridine rings is 1. The van der Waals surface area contributed by atoms with E-state index in [0.717, 1.165) is 36.1 Å². The third-order valence-electron chi connectivity index (χ3n) is 6.44. The predicted molar refractivity (Wildman–Crippen MR) is 146 cm³/mol. The van der Waals surface area contributed by atoms with Gasteiger partial charge in [-0.25, -0.2) is 0 Å². The first-order valence-electron chi connectivity index (χ1n) is 11.8. The number of ether oxygens (including phenoxy) is 1. The highest BCUT2D eigenvalue weighted by Crippen LogP contribution is 2.38. The van der Waals surface area contributed by atoms with Gasteiger partial charge in [-0.1, -0.05) is 65.5 Å². The molecule has 1 aromatic heterocycles. The number of halogens is 3. The monoisotopic (exact) mass is 526 g/mol. The van der Waals surface area contributed by atoms with E-state index in [0.29, 0.717) is 38.6 Å². The zero-order chi connectivity index (χ0) is 24.4. The van der Waals surface area contributed by atoms with Gasteiger partial charge in [0.2, 0.25) is 0 Å². The molecule has 4 nitrogen and oxygen atoms in total. The van der Waals surface area contributed by atoms with Gasteiger partial charge in [0, 0.05) is 34.6 Å². The maximum absolute atomic E-state index is 13.2. The summed E-state index contributed by atoms with van der Waals surface area (Å²) < 4.78 is 7.80. The van der Waals surface area contributed by atoms with Crippen molar-refractivity contribution >= 4 is 45.7 Å². The lowest BCUT2D eigenvalue weighted by molar-refractivity contribution is 0.183. The topological polar surface area (TPSA) is 34.5 Å². The summed E-state index contributed by atoms with van der Waals surface area (Å²) in [5.74, 6) is 0.659. The lowest BCUT2D eigenvalue weighted by Gasteiger charge is -2.26. The highest BCUT2D eigenvalue weighted by molar-refractivity contribution is 6.38. The van der Waals surface area contributed by atoms with E-state index < -0.39 is 0 Å². The Bertz CT molecular complexity index is 1410. The van der Waals surface area contributed by atoms with E-state index in [1.807, 2.05) is 42.5 Å². The summed E-state index contributed by atoms with van der Waals surface area (Å²) >= 11 is 19.6. The highest BCUT2D eigenvalue weighted by Gasteiger charge is 2.18. The Morgan fingerprint density at radius 3 is 2.23 bits per heavy atom. The number of aromatic nitrogens is 1. The van der Waals surface area contributed by atoms with E-state index in [2.05, 4.69) is 4.90 Å². The zero-order valence-electron chi connectivity index (χ0n) is 19.1. The molecule has 0 atom stereocenters. The summed E-state index contributed by atoms with van der Waals surface area (Å²) in [6, 6.07) is 20.1. The Morgan fingerprint density at radius 2 is 1.49 bits per heavy atom. The van der Waals surface area contributed by atoms with E-state index in [4.69, 9.17) is 39.5 Å². The molecule has 0 spiro atoms. The molecule has 180 valence electrons. The van der Waals surface area contributed by atoms with Gasteiger partial charge in [0.15, 0.2) is 0 Å². The molecule has 0 aliphatic carbocycles. The number of nitrogens with zero attached hydrogens (tertiary/aromatic N) is 2. The van der Waals surface area contributed by atoms with E-state index in [9.17, 15) is 4.79 Å². The second-order valence-electron chi connectivity index (χ2n) is 8.71. The van der Waals surface area contributed by atoms with Crippen LogP contribution in [0.4, 0.5) is 0 Å². The molecule has 7 heteroatoms. The molecule has 0 N–H and O–H groups in total. The molecule has 0 amide bonds. The Morgan fingerprint density at radius 1 is 0.771 bits per heavy atom. The van der Waals surface area contributed by atoms with Gasteiger partial charge in [-0.15, -0.1) is 0 Å². The fraction of sp³-hybridized carbons (Fsp3) is 0.250. The number of likely N-dealkylation sites (tertiary alicyclic amines) is 1. The van der Waals surface area contributed by atoms with E-state index >= 15 is 0 Å². The van der Waals surface area contributed by atoms with Crippen molar-refractivity contribution in [3.63, 3.8) is 0 Å². The van der Waals surface area contributed by atoms with Gasteiger partial charge >= 0.3 is 0 Å². The Balaban J connectivity index is 1.66. The Labute approximate surface area is 219 Å². The molecule has 1 aliphatic heterocycles. The first-order chi connectivity index (χ1) is 17.0. The van der Waals surface area contributed by atoms with Crippen LogP contribution in [0.15, 0.2) is 71.5 Å². The molecule has 1 aliphatic rings. The van der Waals surface area contributed by atoms with Gasteiger partial charge in [0.25, 0.3) is 5.56 Å². The Hall–Kier alpha value is -2.50. The molecule has 35 heavy (non-hydrogen) atoms. The zero-order valence-corrected chi connectivity index (χ0v) is 21.4. The predicted octanol–water partition coefficient (Wildman–Crippen LogP) is 7.48. The molecular weight excluding hydrogens is 503 g/mol. The lowest BCUT2D eigenvalue weighted by Crippen LogP contribution is -2.33. The van der Waals surface area contributed by atoms with Gasteiger partial charge < -0.3 is 4.74 Å². The smallest absolute Gasteiger partial charge is 0.255 e. The van der Waals surface area contributed by atoms with Gasteiger partial charge in [-0.3, -0.25) is 14.3 Å². The second kappa shape index (κ2) is 10.6. The van der Waals surface area contributed by atoms with Crippen LogP contribution in [0.25, 0.3) is 27.7 Å². The summed E-state index contributed by atoms with van der Waals surface area (Å²) in [6.07, 6.45) is 3.76. The number of piperidine rings is 1. The first kappa shape index (κ1) is 24.2. The van der Waals surface area contributed by atoms with Crippen molar-refractivity contribution in [2.45, 2.75) is 19.3 Å². The quantitative estimate of drug-likeness (QED) is 0.261. The summed E-state index contributed by atoms with van der Waals surface area (Å²) in [4.78, 5) is 15.6. The van der Waals surface area contributed by atoms with E-state index in [-0.39, 0.29) is 5.56 Å². The average molecular weight is 528 g/mol. The number of fused-ring (bicyclic) bond motifs is 1. The summed E-state index contributed by atoms with van der Waals surface area (Å²) in [5.41, 5.74) is 2.59. The third-order valence-corrected chi connectivity index (χ3v) is 7.38. The highest BCUT2D eigenvalue weighted by atomic mass is 35.5. The van der Waals surface area contributed by atoms with Crippen molar-refractivity contribution in [1.29, 1.82) is 0 Å². The van der Waals surface area contributed by atoms with Crippen molar-refractivity contribution < 1.29 is 4.74 Å². The standard InChI is InChI=1S/C28H25Cl3N2O2/c29-23-8-3-2-7-20(23)22-17-19(35-16-15-32-13-4-1-5-14-32)18-26-21(22)11-12-27(34)33(26)28-24(30)9-6-10-25(28)31/h2-3,6-12,17-18H,1,4-5,13-16H2. The molecule has 4 aromatic rings. The maximum atomic E-state index is 13.2. The summed E-state index contributed by atoms with van der Waals surface area (Å²) in [6.45, 7) is 3.63. The van der Waals surface area contributed by atoms with Gasteiger partial charge in [-0.2, -0.15) is 0 Å². The molecule has 5 rings (SSSR count). The molecular formula is C28H25Cl3N2O2. The molecule has 1 fully saturated rings. The van der Waals surface area contributed by atoms with Crippen LogP contribution < -0.4 is 10.3 Å². The minimum absolute atomic E-state index is 0.233. The summed E-state index contributed by atoms with van der Waals surface area (Å²) in [5, 5.41) is 2.25. The van der Waals surface area contributed by atoms with Crippen LogP contribution in [-0.2, 0) is 0 Å². The van der Waals surface area contributed by atoms with E-state index in [1.165, 1.54) is 25.3 Å². The summed E-state index contributed by atoms with van der Waals surface area (Å²) in [7, 11) is 0. The van der Waals surface area contributed by atoms with Gasteiger partial charge in [0.1, 0.15) is 12.4 Å². The normalized spacial score (nSPS) is 14.4.